The summed E-state index contributed by atoms with van der Waals surface area (Å²) < 4.78 is 52.9. The van der Waals surface area contributed by atoms with Crippen molar-refractivity contribution in [2.45, 2.75) is 6.54 Å². The minimum Gasteiger partial charge on any atom is -0.376 e. The first-order valence-corrected chi connectivity index (χ1v) is 6.17. The van der Waals surface area contributed by atoms with Gasteiger partial charge in [-0.25, -0.2) is 17.6 Å². The maximum absolute atomic E-state index is 13.4. The van der Waals surface area contributed by atoms with Crippen LogP contribution < -0.4 is 5.32 Å². The SMILES string of the molecule is Fc1cc(F)c(F)c(NCc2c(Cl)cccc2Cl)c1F. The van der Waals surface area contributed by atoms with E-state index in [4.69, 9.17) is 23.2 Å². The lowest BCUT2D eigenvalue weighted by atomic mass is 10.2. The summed E-state index contributed by atoms with van der Waals surface area (Å²) in [5, 5.41) is 2.79. The van der Waals surface area contributed by atoms with Gasteiger partial charge in [-0.2, -0.15) is 0 Å². The van der Waals surface area contributed by atoms with Crippen LogP contribution in [0.5, 0.6) is 0 Å². The topological polar surface area (TPSA) is 12.0 Å². The van der Waals surface area contributed by atoms with Gasteiger partial charge >= 0.3 is 0 Å². The molecule has 0 aliphatic rings. The Morgan fingerprint density at radius 3 is 1.90 bits per heavy atom. The van der Waals surface area contributed by atoms with Crippen LogP contribution in [0.15, 0.2) is 24.3 Å². The number of rotatable bonds is 3. The fraction of sp³-hybridized carbons (Fsp3) is 0.0769. The summed E-state index contributed by atoms with van der Waals surface area (Å²) in [5.41, 5.74) is -0.544. The quantitative estimate of drug-likeness (QED) is 0.607. The zero-order valence-electron chi connectivity index (χ0n) is 9.78. The Balaban J connectivity index is 2.32. The van der Waals surface area contributed by atoms with Gasteiger partial charge in [0, 0.05) is 28.2 Å². The largest absolute Gasteiger partial charge is 0.376 e. The van der Waals surface area contributed by atoms with E-state index in [1.54, 1.807) is 6.07 Å². The normalized spacial score (nSPS) is 10.7. The third-order valence-corrected chi connectivity index (χ3v) is 3.32. The lowest BCUT2D eigenvalue weighted by molar-refractivity contribution is 0.458. The summed E-state index contributed by atoms with van der Waals surface area (Å²) in [7, 11) is 0. The van der Waals surface area contributed by atoms with E-state index in [1.807, 2.05) is 0 Å². The highest BCUT2D eigenvalue weighted by Gasteiger charge is 2.19. The van der Waals surface area contributed by atoms with E-state index in [2.05, 4.69) is 5.32 Å². The predicted molar refractivity (Wildman–Crippen MR) is 70.1 cm³/mol. The van der Waals surface area contributed by atoms with Crippen LogP contribution in [-0.4, -0.2) is 0 Å². The van der Waals surface area contributed by atoms with Crippen molar-refractivity contribution in [1.29, 1.82) is 0 Å². The summed E-state index contributed by atoms with van der Waals surface area (Å²) in [6.45, 7) is -0.185. The molecule has 20 heavy (non-hydrogen) atoms. The van der Waals surface area contributed by atoms with Crippen LogP contribution in [0.2, 0.25) is 10.0 Å². The van der Waals surface area contributed by atoms with Crippen molar-refractivity contribution in [3.63, 3.8) is 0 Å². The lowest BCUT2D eigenvalue weighted by Crippen LogP contribution is -2.08. The Hall–Kier alpha value is -1.46. The van der Waals surface area contributed by atoms with Crippen LogP contribution in [0.25, 0.3) is 0 Å². The summed E-state index contributed by atoms with van der Waals surface area (Å²) in [5.74, 6) is -5.99. The van der Waals surface area contributed by atoms with Crippen LogP contribution >= 0.6 is 23.2 Å². The van der Waals surface area contributed by atoms with Crippen molar-refractivity contribution in [3.8, 4) is 0 Å². The van der Waals surface area contributed by atoms with Gasteiger partial charge in [0.15, 0.2) is 23.3 Å². The van der Waals surface area contributed by atoms with Gasteiger partial charge in [-0.1, -0.05) is 29.3 Å². The molecule has 0 radical (unpaired) electrons. The fourth-order valence-electron chi connectivity index (χ4n) is 1.61. The highest BCUT2D eigenvalue weighted by molar-refractivity contribution is 6.36. The number of halogens is 6. The van der Waals surface area contributed by atoms with E-state index in [1.165, 1.54) is 12.1 Å². The van der Waals surface area contributed by atoms with Crippen molar-refractivity contribution in [3.05, 3.63) is 63.1 Å². The number of anilines is 1. The van der Waals surface area contributed by atoms with Gasteiger partial charge in [0.2, 0.25) is 0 Å². The monoisotopic (exact) mass is 323 g/mol. The number of benzene rings is 2. The first-order chi connectivity index (χ1) is 9.41. The lowest BCUT2D eigenvalue weighted by Gasteiger charge is -2.12. The molecule has 2 aromatic carbocycles. The first-order valence-electron chi connectivity index (χ1n) is 5.41. The molecule has 0 saturated heterocycles. The van der Waals surface area contributed by atoms with E-state index in [0.29, 0.717) is 5.56 Å². The highest BCUT2D eigenvalue weighted by atomic mass is 35.5. The molecule has 0 heterocycles. The van der Waals surface area contributed by atoms with Gasteiger partial charge in [0.25, 0.3) is 0 Å². The van der Waals surface area contributed by atoms with Gasteiger partial charge in [0.05, 0.1) is 0 Å². The Kier molecular flexibility index (Phi) is 4.40. The van der Waals surface area contributed by atoms with Gasteiger partial charge in [-0.15, -0.1) is 0 Å². The molecule has 0 saturated carbocycles. The summed E-state index contributed by atoms with van der Waals surface area (Å²) in [6.07, 6.45) is 0. The van der Waals surface area contributed by atoms with Crippen LogP contribution in [0.3, 0.4) is 0 Å². The molecule has 106 valence electrons. The smallest absolute Gasteiger partial charge is 0.185 e. The average molecular weight is 324 g/mol. The standard InChI is InChI=1S/C13H7Cl2F4N/c14-7-2-1-3-8(15)6(7)5-20-13-11(18)9(16)4-10(17)12(13)19/h1-4,20H,5H2. The van der Waals surface area contributed by atoms with Crippen molar-refractivity contribution in [1.82, 2.24) is 0 Å². The molecule has 0 bridgehead atoms. The third kappa shape index (κ3) is 2.83. The van der Waals surface area contributed by atoms with Gasteiger partial charge in [0.1, 0.15) is 5.69 Å². The molecule has 1 N–H and O–H groups in total. The first kappa shape index (κ1) is 14.9. The number of hydrogen-bond acceptors (Lipinski definition) is 1. The molecule has 0 amide bonds. The molecule has 0 fully saturated rings. The third-order valence-electron chi connectivity index (χ3n) is 2.62. The van der Waals surface area contributed by atoms with Gasteiger partial charge in [-0.05, 0) is 12.1 Å². The average Bonchev–Trinajstić information content (AvgIpc) is 2.39. The molecule has 0 spiro atoms. The second-order valence-electron chi connectivity index (χ2n) is 3.90. The molecule has 0 aliphatic heterocycles. The fourth-order valence-corrected chi connectivity index (χ4v) is 2.14. The number of nitrogens with one attached hydrogen (secondary N) is 1. The van der Waals surface area contributed by atoms with E-state index in [9.17, 15) is 17.6 Å². The van der Waals surface area contributed by atoms with Crippen molar-refractivity contribution >= 4 is 28.9 Å². The maximum Gasteiger partial charge on any atom is 0.185 e. The minimum atomic E-state index is -1.51. The zero-order chi connectivity index (χ0) is 14.9. The van der Waals surface area contributed by atoms with Crippen molar-refractivity contribution in [2.75, 3.05) is 5.32 Å². The molecular formula is C13H7Cl2F4N. The molecule has 0 atom stereocenters. The van der Waals surface area contributed by atoms with Crippen molar-refractivity contribution in [2.24, 2.45) is 0 Å². The summed E-state index contributed by atoms with van der Waals surface area (Å²) >= 11 is 11.8. The second-order valence-corrected chi connectivity index (χ2v) is 4.71. The Morgan fingerprint density at radius 1 is 0.900 bits per heavy atom. The van der Waals surface area contributed by atoms with E-state index >= 15 is 0 Å². The predicted octanol–water partition coefficient (Wildman–Crippen LogP) is 5.16. The minimum absolute atomic E-state index is 0.137. The molecule has 0 aliphatic carbocycles. The van der Waals surface area contributed by atoms with Gasteiger partial charge in [-0.3, -0.25) is 0 Å². The Bertz CT molecular complexity index is 615. The number of hydrogen-bond donors (Lipinski definition) is 1. The summed E-state index contributed by atoms with van der Waals surface area (Å²) in [6, 6.07) is 4.79. The molecule has 2 rings (SSSR count). The van der Waals surface area contributed by atoms with E-state index in [0.717, 1.165) is 0 Å². The van der Waals surface area contributed by atoms with Crippen LogP contribution in [0, 0.1) is 23.3 Å². The van der Waals surface area contributed by atoms with E-state index < -0.39 is 29.0 Å². The molecule has 0 unspecified atom stereocenters. The van der Waals surface area contributed by atoms with Crippen LogP contribution in [0.1, 0.15) is 5.56 Å². The van der Waals surface area contributed by atoms with Crippen LogP contribution in [0.4, 0.5) is 23.2 Å². The highest BCUT2D eigenvalue weighted by Crippen LogP contribution is 2.28. The molecule has 0 aromatic heterocycles. The van der Waals surface area contributed by atoms with Crippen LogP contribution in [-0.2, 0) is 6.54 Å². The second kappa shape index (κ2) is 5.89. The van der Waals surface area contributed by atoms with E-state index in [-0.39, 0.29) is 22.7 Å². The Labute approximate surface area is 122 Å². The van der Waals surface area contributed by atoms with Gasteiger partial charge < -0.3 is 5.32 Å². The van der Waals surface area contributed by atoms with Crippen molar-refractivity contribution < 1.29 is 17.6 Å². The summed E-state index contributed by atoms with van der Waals surface area (Å²) in [4.78, 5) is 0. The Morgan fingerprint density at radius 2 is 1.40 bits per heavy atom. The molecule has 7 heteroatoms. The molecular weight excluding hydrogens is 317 g/mol. The zero-order valence-corrected chi connectivity index (χ0v) is 11.3. The molecule has 2 aromatic rings. The molecule has 1 nitrogen and oxygen atoms in total. The maximum atomic E-state index is 13.4.